The molecule has 1 nitrogen and oxygen atoms in total. The fraction of sp³-hybridized carbons (Fsp3) is 0.294. The van der Waals surface area contributed by atoms with Gasteiger partial charge in [-0.2, -0.15) is 0 Å². The summed E-state index contributed by atoms with van der Waals surface area (Å²) in [5, 5.41) is 3.36. The van der Waals surface area contributed by atoms with Gasteiger partial charge in [0.2, 0.25) is 0 Å². The summed E-state index contributed by atoms with van der Waals surface area (Å²) >= 11 is 2.20. The van der Waals surface area contributed by atoms with Crippen molar-refractivity contribution in [2.75, 3.05) is 7.05 Å². The third-order valence-corrected chi connectivity index (χ3v) is 4.69. The molecule has 0 saturated carbocycles. The molecule has 0 aliphatic rings. The number of nitrogens with one attached hydrogen (secondary N) is 1. The van der Waals surface area contributed by atoms with Crippen molar-refractivity contribution in [2.24, 2.45) is 0 Å². The van der Waals surface area contributed by atoms with Gasteiger partial charge in [-0.15, -0.1) is 0 Å². The monoisotopic (exact) mass is 383 g/mol. The second-order valence-corrected chi connectivity index (χ2v) is 6.34. The van der Waals surface area contributed by atoms with Crippen LogP contribution in [0.4, 0.5) is 4.39 Å². The molecule has 0 radical (unpaired) electrons. The summed E-state index contributed by atoms with van der Waals surface area (Å²) in [5.41, 5.74) is 6.20. The number of benzene rings is 2. The Bertz CT molecular complexity index is 637. The van der Waals surface area contributed by atoms with Crippen LogP contribution < -0.4 is 5.32 Å². The van der Waals surface area contributed by atoms with E-state index >= 15 is 0 Å². The lowest BCUT2D eigenvalue weighted by Crippen LogP contribution is -2.20. The molecule has 20 heavy (non-hydrogen) atoms. The first kappa shape index (κ1) is 15.4. The molecule has 1 atom stereocenters. The molecule has 2 rings (SSSR count). The van der Waals surface area contributed by atoms with Gasteiger partial charge in [0, 0.05) is 3.57 Å². The number of rotatable bonds is 3. The van der Waals surface area contributed by atoms with Crippen LogP contribution in [0.1, 0.15) is 33.9 Å². The Kier molecular flexibility index (Phi) is 4.81. The first-order valence-corrected chi connectivity index (χ1v) is 7.72. The van der Waals surface area contributed by atoms with Gasteiger partial charge in [-0.1, -0.05) is 18.2 Å². The topological polar surface area (TPSA) is 12.0 Å². The minimum absolute atomic E-state index is 0.0850. The highest BCUT2D eigenvalue weighted by Crippen LogP contribution is 2.30. The van der Waals surface area contributed by atoms with E-state index in [1.165, 1.54) is 28.3 Å². The van der Waals surface area contributed by atoms with Crippen LogP contribution in [0.25, 0.3) is 0 Å². The summed E-state index contributed by atoms with van der Waals surface area (Å²) in [5.74, 6) is -0.190. The molecule has 0 fully saturated rings. The van der Waals surface area contributed by atoms with E-state index in [0.29, 0.717) is 0 Å². The molecule has 0 bridgehead atoms. The standard InChI is InChI=1S/C17H19FIN/c1-10-7-12(3)15(8-11(10)2)17(20-4)14-6-5-13(18)9-16(14)19/h5-9,17,20H,1-4H3. The van der Waals surface area contributed by atoms with Gasteiger partial charge in [0.1, 0.15) is 5.82 Å². The summed E-state index contributed by atoms with van der Waals surface area (Å²) in [6.45, 7) is 6.38. The molecular weight excluding hydrogens is 364 g/mol. The lowest BCUT2D eigenvalue weighted by atomic mass is 9.92. The Morgan fingerprint density at radius 2 is 1.60 bits per heavy atom. The van der Waals surface area contributed by atoms with Crippen molar-refractivity contribution in [3.8, 4) is 0 Å². The van der Waals surface area contributed by atoms with Crippen molar-refractivity contribution in [3.05, 3.63) is 67.5 Å². The van der Waals surface area contributed by atoms with Crippen molar-refractivity contribution >= 4 is 22.6 Å². The van der Waals surface area contributed by atoms with Gasteiger partial charge < -0.3 is 5.32 Å². The molecule has 0 saturated heterocycles. The summed E-state index contributed by atoms with van der Waals surface area (Å²) in [6.07, 6.45) is 0. The lowest BCUT2D eigenvalue weighted by molar-refractivity contribution is 0.621. The predicted molar refractivity (Wildman–Crippen MR) is 90.7 cm³/mol. The third kappa shape index (κ3) is 3.04. The Hall–Kier alpha value is -0.940. The van der Waals surface area contributed by atoms with Crippen LogP contribution >= 0.6 is 22.6 Å². The van der Waals surface area contributed by atoms with Gasteiger partial charge >= 0.3 is 0 Å². The molecule has 0 spiro atoms. The predicted octanol–water partition coefficient (Wildman–Crippen LogP) is 4.66. The first-order chi connectivity index (χ1) is 9.43. The van der Waals surface area contributed by atoms with E-state index in [1.54, 1.807) is 6.07 Å². The SMILES string of the molecule is CNC(c1cc(C)c(C)cc1C)c1ccc(F)cc1I. The van der Waals surface area contributed by atoms with E-state index in [1.807, 2.05) is 13.1 Å². The minimum atomic E-state index is -0.190. The second-order valence-electron chi connectivity index (χ2n) is 5.18. The number of aryl methyl sites for hydroxylation is 3. The molecule has 106 valence electrons. The van der Waals surface area contributed by atoms with Gasteiger partial charge in [-0.3, -0.25) is 0 Å². The van der Waals surface area contributed by atoms with E-state index < -0.39 is 0 Å². The fourth-order valence-electron chi connectivity index (χ4n) is 2.51. The van der Waals surface area contributed by atoms with Crippen LogP contribution in [0, 0.1) is 30.2 Å². The van der Waals surface area contributed by atoms with Crippen LogP contribution in [0.3, 0.4) is 0 Å². The summed E-state index contributed by atoms with van der Waals surface area (Å²) in [4.78, 5) is 0. The lowest BCUT2D eigenvalue weighted by Gasteiger charge is -2.22. The highest BCUT2D eigenvalue weighted by Gasteiger charge is 2.18. The van der Waals surface area contributed by atoms with Gasteiger partial charge in [0.05, 0.1) is 6.04 Å². The largest absolute Gasteiger partial charge is 0.309 e. The van der Waals surface area contributed by atoms with E-state index in [4.69, 9.17) is 0 Å². The summed E-state index contributed by atoms with van der Waals surface area (Å²) in [7, 11) is 1.94. The second kappa shape index (κ2) is 6.22. The molecule has 1 unspecified atom stereocenters. The number of hydrogen-bond donors (Lipinski definition) is 1. The van der Waals surface area contributed by atoms with Crippen LogP contribution in [-0.4, -0.2) is 7.05 Å². The van der Waals surface area contributed by atoms with Crippen LogP contribution in [0.15, 0.2) is 30.3 Å². The van der Waals surface area contributed by atoms with Crippen molar-refractivity contribution in [1.82, 2.24) is 5.32 Å². The zero-order chi connectivity index (χ0) is 14.9. The molecule has 2 aromatic rings. The van der Waals surface area contributed by atoms with Gasteiger partial charge in [0.15, 0.2) is 0 Å². The normalized spacial score (nSPS) is 12.5. The minimum Gasteiger partial charge on any atom is -0.309 e. The molecule has 0 amide bonds. The number of hydrogen-bond acceptors (Lipinski definition) is 1. The van der Waals surface area contributed by atoms with Crippen LogP contribution in [0.2, 0.25) is 0 Å². The molecule has 0 aliphatic carbocycles. The average Bonchev–Trinajstić information content (AvgIpc) is 2.38. The molecule has 2 aromatic carbocycles. The average molecular weight is 383 g/mol. The highest BCUT2D eigenvalue weighted by atomic mass is 127. The van der Waals surface area contributed by atoms with Crippen molar-refractivity contribution < 1.29 is 4.39 Å². The van der Waals surface area contributed by atoms with Gasteiger partial charge in [0.25, 0.3) is 0 Å². The van der Waals surface area contributed by atoms with Crippen molar-refractivity contribution in [3.63, 3.8) is 0 Å². The summed E-state index contributed by atoms with van der Waals surface area (Å²) in [6, 6.07) is 9.50. The molecular formula is C17H19FIN. The smallest absolute Gasteiger partial charge is 0.124 e. The van der Waals surface area contributed by atoms with Gasteiger partial charge in [-0.25, -0.2) is 4.39 Å². The number of halogens is 2. The fourth-order valence-corrected chi connectivity index (χ4v) is 3.30. The van der Waals surface area contributed by atoms with Crippen LogP contribution in [0.5, 0.6) is 0 Å². The Morgan fingerprint density at radius 1 is 0.950 bits per heavy atom. The van der Waals surface area contributed by atoms with Crippen LogP contribution in [-0.2, 0) is 0 Å². The van der Waals surface area contributed by atoms with E-state index in [0.717, 1.165) is 9.13 Å². The van der Waals surface area contributed by atoms with E-state index in [9.17, 15) is 4.39 Å². The molecule has 0 aromatic heterocycles. The zero-order valence-electron chi connectivity index (χ0n) is 12.2. The third-order valence-electron chi connectivity index (χ3n) is 3.76. The van der Waals surface area contributed by atoms with E-state index in [-0.39, 0.29) is 11.9 Å². The summed E-state index contributed by atoms with van der Waals surface area (Å²) < 4.78 is 14.2. The molecule has 1 N–H and O–H groups in total. The first-order valence-electron chi connectivity index (χ1n) is 6.64. The quantitative estimate of drug-likeness (QED) is 0.760. The Balaban J connectivity index is 2.55. The Labute approximate surface area is 133 Å². The molecule has 3 heteroatoms. The maximum atomic E-state index is 13.3. The Morgan fingerprint density at radius 3 is 2.20 bits per heavy atom. The highest BCUT2D eigenvalue weighted by molar-refractivity contribution is 14.1. The van der Waals surface area contributed by atoms with Gasteiger partial charge in [-0.05, 0) is 90.4 Å². The van der Waals surface area contributed by atoms with Crippen molar-refractivity contribution in [1.29, 1.82) is 0 Å². The van der Waals surface area contributed by atoms with Crippen molar-refractivity contribution in [2.45, 2.75) is 26.8 Å². The molecule has 0 heterocycles. The zero-order valence-corrected chi connectivity index (χ0v) is 14.4. The maximum Gasteiger partial charge on any atom is 0.124 e. The van der Waals surface area contributed by atoms with E-state index in [2.05, 4.69) is 60.8 Å². The molecule has 0 aliphatic heterocycles. The maximum absolute atomic E-state index is 13.3.